The molecule has 14 heavy (non-hydrogen) atoms. The zero-order chi connectivity index (χ0) is 10.3. The molecule has 2 heterocycles. The molecule has 2 aliphatic rings. The maximum Gasteiger partial charge on any atom is 0.211 e. The van der Waals surface area contributed by atoms with Gasteiger partial charge in [0.25, 0.3) is 0 Å². The van der Waals surface area contributed by atoms with E-state index in [0.717, 1.165) is 25.7 Å². The van der Waals surface area contributed by atoms with Crippen molar-refractivity contribution in [2.45, 2.75) is 37.8 Å². The molecule has 2 saturated heterocycles. The van der Waals surface area contributed by atoms with Crippen LogP contribution in [-0.4, -0.2) is 37.6 Å². The number of fused-ring (bicyclic) bond motifs is 2. The molecule has 2 rings (SSSR count). The quantitative estimate of drug-likeness (QED) is 0.717. The molecular formula is C9H18N2O2S. The Morgan fingerprint density at radius 2 is 1.79 bits per heavy atom. The molecule has 1 unspecified atom stereocenters. The monoisotopic (exact) mass is 218 g/mol. The van der Waals surface area contributed by atoms with Crippen molar-refractivity contribution in [3.63, 3.8) is 0 Å². The van der Waals surface area contributed by atoms with E-state index < -0.39 is 10.0 Å². The van der Waals surface area contributed by atoms with Crippen LogP contribution >= 0.6 is 0 Å². The average Bonchev–Trinajstić information content (AvgIpc) is 2.38. The summed E-state index contributed by atoms with van der Waals surface area (Å²) in [4.78, 5) is 0. The van der Waals surface area contributed by atoms with Crippen molar-refractivity contribution in [1.82, 2.24) is 4.31 Å². The summed E-state index contributed by atoms with van der Waals surface area (Å²) in [5.41, 5.74) is 5.64. The third-order valence-corrected chi connectivity index (χ3v) is 4.84. The van der Waals surface area contributed by atoms with Crippen molar-refractivity contribution < 1.29 is 8.42 Å². The van der Waals surface area contributed by atoms with Gasteiger partial charge in [-0.1, -0.05) is 0 Å². The van der Waals surface area contributed by atoms with Gasteiger partial charge in [-0.25, -0.2) is 8.42 Å². The van der Waals surface area contributed by atoms with Crippen LogP contribution in [0.2, 0.25) is 0 Å². The van der Waals surface area contributed by atoms with Gasteiger partial charge in [-0.05, 0) is 38.1 Å². The van der Waals surface area contributed by atoms with Gasteiger partial charge >= 0.3 is 0 Å². The molecule has 2 fully saturated rings. The van der Waals surface area contributed by atoms with Crippen molar-refractivity contribution in [2.24, 2.45) is 11.7 Å². The van der Waals surface area contributed by atoms with Crippen LogP contribution < -0.4 is 5.73 Å². The van der Waals surface area contributed by atoms with Gasteiger partial charge in [0, 0.05) is 12.1 Å². The molecule has 0 radical (unpaired) electrons. The van der Waals surface area contributed by atoms with Crippen LogP contribution in [0.3, 0.4) is 0 Å². The van der Waals surface area contributed by atoms with Gasteiger partial charge in [-0.3, -0.25) is 0 Å². The van der Waals surface area contributed by atoms with E-state index in [2.05, 4.69) is 0 Å². The van der Waals surface area contributed by atoms with E-state index in [1.54, 1.807) is 4.31 Å². The van der Waals surface area contributed by atoms with Gasteiger partial charge in [-0.2, -0.15) is 4.31 Å². The van der Waals surface area contributed by atoms with E-state index in [1.165, 1.54) is 6.26 Å². The number of nitrogens with zero attached hydrogens (tertiary/aromatic N) is 1. The van der Waals surface area contributed by atoms with Crippen molar-refractivity contribution in [3.8, 4) is 0 Å². The summed E-state index contributed by atoms with van der Waals surface area (Å²) >= 11 is 0. The Kier molecular flexibility index (Phi) is 2.57. The SMILES string of the molecule is CS(=O)(=O)N1[C@@H]2CC[C@H]1CC(CN)C2. The van der Waals surface area contributed by atoms with Crippen molar-refractivity contribution in [3.05, 3.63) is 0 Å². The number of sulfonamides is 1. The Balaban J connectivity index is 2.18. The minimum atomic E-state index is -3.00. The molecule has 0 saturated carbocycles. The van der Waals surface area contributed by atoms with Crippen LogP contribution in [0, 0.1) is 5.92 Å². The normalized spacial score (nSPS) is 38.9. The molecule has 0 aromatic carbocycles. The highest BCUT2D eigenvalue weighted by atomic mass is 32.2. The van der Waals surface area contributed by atoms with Crippen LogP contribution in [0.15, 0.2) is 0 Å². The fourth-order valence-corrected chi connectivity index (χ4v) is 4.45. The summed E-state index contributed by atoms with van der Waals surface area (Å²) in [5, 5.41) is 0. The van der Waals surface area contributed by atoms with Crippen LogP contribution in [0.1, 0.15) is 25.7 Å². The number of hydrogen-bond acceptors (Lipinski definition) is 3. The van der Waals surface area contributed by atoms with Crippen molar-refractivity contribution in [2.75, 3.05) is 12.8 Å². The summed E-state index contributed by atoms with van der Waals surface area (Å²) in [7, 11) is -3.00. The van der Waals surface area contributed by atoms with E-state index in [0.29, 0.717) is 12.5 Å². The molecule has 4 nitrogen and oxygen atoms in total. The van der Waals surface area contributed by atoms with Gasteiger partial charge < -0.3 is 5.73 Å². The zero-order valence-corrected chi connectivity index (χ0v) is 9.33. The van der Waals surface area contributed by atoms with E-state index in [-0.39, 0.29) is 12.1 Å². The Morgan fingerprint density at radius 3 is 2.14 bits per heavy atom. The molecule has 2 bridgehead atoms. The summed E-state index contributed by atoms with van der Waals surface area (Å²) in [6.07, 6.45) is 5.28. The highest BCUT2D eigenvalue weighted by Crippen LogP contribution is 2.39. The van der Waals surface area contributed by atoms with Gasteiger partial charge in [0.15, 0.2) is 0 Å². The fourth-order valence-electron chi connectivity index (χ4n) is 2.98. The molecule has 0 aromatic heterocycles. The molecule has 0 aliphatic carbocycles. The molecule has 5 heteroatoms. The minimum absolute atomic E-state index is 0.234. The van der Waals surface area contributed by atoms with Crippen molar-refractivity contribution in [1.29, 1.82) is 0 Å². The smallest absolute Gasteiger partial charge is 0.211 e. The molecular weight excluding hydrogens is 200 g/mol. The van der Waals surface area contributed by atoms with E-state index in [4.69, 9.17) is 5.73 Å². The van der Waals surface area contributed by atoms with Gasteiger partial charge in [0.1, 0.15) is 0 Å². The maximum atomic E-state index is 11.5. The number of nitrogens with two attached hydrogens (primary N) is 1. The molecule has 0 spiro atoms. The first-order valence-electron chi connectivity index (χ1n) is 5.21. The molecule has 0 amide bonds. The topological polar surface area (TPSA) is 63.4 Å². The lowest BCUT2D eigenvalue weighted by Crippen LogP contribution is -2.47. The number of piperidine rings is 1. The second-order valence-corrected chi connectivity index (χ2v) is 6.44. The van der Waals surface area contributed by atoms with E-state index in [1.807, 2.05) is 0 Å². The first-order chi connectivity index (χ1) is 6.52. The van der Waals surface area contributed by atoms with Crippen LogP contribution in [0.4, 0.5) is 0 Å². The van der Waals surface area contributed by atoms with Gasteiger partial charge in [-0.15, -0.1) is 0 Å². The third kappa shape index (κ3) is 1.68. The highest BCUT2D eigenvalue weighted by Gasteiger charge is 2.44. The van der Waals surface area contributed by atoms with Crippen LogP contribution in [-0.2, 0) is 10.0 Å². The largest absolute Gasteiger partial charge is 0.330 e. The fraction of sp³-hybridized carbons (Fsp3) is 1.00. The second kappa shape index (κ2) is 3.47. The third-order valence-electron chi connectivity index (χ3n) is 3.48. The average molecular weight is 218 g/mol. The predicted molar refractivity (Wildman–Crippen MR) is 55.3 cm³/mol. The predicted octanol–water partition coefficient (Wildman–Crippen LogP) is 0.148. The molecule has 82 valence electrons. The van der Waals surface area contributed by atoms with Crippen molar-refractivity contribution >= 4 is 10.0 Å². The summed E-state index contributed by atoms with van der Waals surface area (Å²) < 4.78 is 24.8. The lowest BCUT2D eigenvalue weighted by Gasteiger charge is -2.36. The van der Waals surface area contributed by atoms with Gasteiger partial charge in [0.05, 0.1) is 6.26 Å². The lowest BCUT2D eigenvalue weighted by atomic mass is 9.93. The Hall–Kier alpha value is -0.130. The summed E-state index contributed by atoms with van der Waals surface area (Å²) in [6.45, 7) is 0.699. The Labute approximate surface area is 85.5 Å². The summed E-state index contributed by atoms with van der Waals surface area (Å²) in [5.74, 6) is 0.533. The first-order valence-corrected chi connectivity index (χ1v) is 7.05. The van der Waals surface area contributed by atoms with Gasteiger partial charge in [0.2, 0.25) is 10.0 Å². The van der Waals surface area contributed by atoms with E-state index in [9.17, 15) is 8.42 Å². The summed E-state index contributed by atoms with van der Waals surface area (Å²) in [6, 6.07) is 0.467. The maximum absolute atomic E-state index is 11.5. The van der Waals surface area contributed by atoms with Crippen LogP contribution in [0.25, 0.3) is 0 Å². The highest BCUT2D eigenvalue weighted by molar-refractivity contribution is 7.88. The lowest BCUT2D eigenvalue weighted by molar-refractivity contribution is 0.195. The van der Waals surface area contributed by atoms with Crippen LogP contribution in [0.5, 0.6) is 0 Å². The second-order valence-electron chi connectivity index (χ2n) is 4.55. The first kappa shape index (κ1) is 10.4. The Bertz CT molecular complexity index is 301. The standard InChI is InChI=1S/C9H18N2O2S/c1-14(12,13)11-8-2-3-9(11)5-7(4-8)6-10/h7-9H,2-6,10H2,1H3/t7?,8-,9+. The molecule has 2 aliphatic heterocycles. The number of hydrogen-bond donors (Lipinski definition) is 1. The minimum Gasteiger partial charge on any atom is -0.330 e. The molecule has 3 atom stereocenters. The zero-order valence-electron chi connectivity index (χ0n) is 8.52. The molecule has 0 aromatic rings. The Morgan fingerprint density at radius 1 is 1.29 bits per heavy atom. The molecule has 2 N–H and O–H groups in total. The van der Waals surface area contributed by atoms with E-state index >= 15 is 0 Å². The number of rotatable bonds is 2.